The van der Waals surface area contributed by atoms with Crippen LogP contribution in [-0.4, -0.2) is 9.97 Å². The van der Waals surface area contributed by atoms with Gasteiger partial charge in [-0.2, -0.15) is 0 Å². The fourth-order valence-corrected chi connectivity index (χ4v) is 1.45. The minimum Gasteiger partial charge on any atom is -0.244 e. The van der Waals surface area contributed by atoms with Crippen molar-refractivity contribution in [3.05, 3.63) is 30.4 Å². The number of nitrogens with zero attached hydrogens (tertiary/aromatic N) is 2. The summed E-state index contributed by atoms with van der Waals surface area (Å²) in [4.78, 5) is 8.17. The van der Waals surface area contributed by atoms with Crippen LogP contribution in [0.25, 0.3) is 5.57 Å². The molecule has 0 atom stereocenters. The molecule has 0 aliphatic heterocycles. The first kappa shape index (κ1) is 10.9. The Hall–Kier alpha value is -1.18. The van der Waals surface area contributed by atoms with E-state index in [0.29, 0.717) is 0 Å². The molecule has 14 heavy (non-hydrogen) atoms. The molecular weight excluding hydrogens is 172 g/mol. The largest absolute Gasteiger partial charge is 0.244 e. The zero-order valence-corrected chi connectivity index (χ0v) is 9.08. The molecule has 0 amide bonds. The number of aryl methyl sites for hydroxylation is 1. The summed E-state index contributed by atoms with van der Waals surface area (Å²) in [5.41, 5.74) is 3.52. The normalized spacial score (nSPS) is 14.0. The summed E-state index contributed by atoms with van der Waals surface area (Å²) in [7, 11) is 0. The van der Waals surface area contributed by atoms with Crippen molar-refractivity contribution >= 4 is 5.57 Å². The van der Waals surface area contributed by atoms with Crippen molar-refractivity contribution in [3.8, 4) is 0 Å². The number of allylic oxidation sites excluding steroid dienone is 1. The van der Waals surface area contributed by atoms with Gasteiger partial charge in [0.2, 0.25) is 0 Å². The van der Waals surface area contributed by atoms with Crippen LogP contribution in [0.1, 0.15) is 44.4 Å². The summed E-state index contributed by atoms with van der Waals surface area (Å²) in [6.07, 6.45) is 8.08. The predicted octanol–water partition coefficient (Wildman–Crippen LogP) is 3.24. The third-order valence-corrected chi connectivity index (χ3v) is 2.07. The first-order valence-electron chi connectivity index (χ1n) is 5.26. The van der Waals surface area contributed by atoms with Gasteiger partial charge in [0.15, 0.2) is 0 Å². The highest BCUT2D eigenvalue weighted by Crippen LogP contribution is 2.26. The van der Waals surface area contributed by atoms with Crippen LogP contribution in [0.5, 0.6) is 0 Å². The molecule has 0 bridgehead atoms. The van der Waals surface area contributed by atoms with Gasteiger partial charge in [0.1, 0.15) is 6.33 Å². The van der Waals surface area contributed by atoms with Gasteiger partial charge in [0.05, 0.1) is 5.69 Å². The fourth-order valence-electron chi connectivity index (χ4n) is 1.45. The van der Waals surface area contributed by atoms with Gasteiger partial charge in [-0.05, 0) is 24.8 Å². The summed E-state index contributed by atoms with van der Waals surface area (Å²) < 4.78 is 0. The lowest BCUT2D eigenvalue weighted by atomic mass is 9.93. The van der Waals surface area contributed by atoms with Gasteiger partial charge in [-0.25, -0.2) is 9.97 Å². The molecule has 2 heteroatoms. The van der Waals surface area contributed by atoms with Crippen molar-refractivity contribution in [2.75, 3.05) is 0 Å². The zero-order valence-electron chi connectivity index (χ0n) is 9.08. The molecule has 1 aliphatic carbocycles. The molecular formula is C12H18N2. The molecule has 1 heterocycles. The first-order valence-corrected chi connectivity index (χ1v) is 5.26. The molecule has 0 aromatic carbocycles. The molecule has 0 fully saturated rings. The lowest BCUT2D eigenvalue weighted by Crippen LogP contribution is -2.03. The van der Waals surface area contributed by atoms with Gasteiger partial charge in [-0.3, -0.25) is 0 Å². The number of rotatable bonds is 0. The van der Waals surface area contributed by atoms with Crippen molar-refractivity contribution < 1.29 is 0 Å². The SMILES string of the molecule is C=C1CCCc2ncncc21.CCC. The van der Waals surface area contributed by atoms with E-state index in [4.69, 9.17) is 0 Å². The van der Waals surface area contributed by atoms with Gasteiger partial charge in [-0.1, -0.05) is 26.8 Å². The first-order chi connectivity index (χ1) is 6.79. The zero-order chi connectivity index (χ0) is 10.4. The summed E-state index contributed by atoms with van der Waals surface area (Å²) in [5, 5.41) is 0. The second-order valence-corrected chi connectivity index (χ2v) is 3.55. The summed E-state index contributed by atoms with van der Waals surface area (Å²) in [6, 6.07) is 0. The van der Waals surface area contributed by atoms with Crippen LogP contribution < -0.4 is 0 Å². The van der Waals surface area contributed by atoms with Gasteiger partial charge in [0, 0.05) is 11.8 Å². The minimum absolute atomic E-state index is 1.08. The summed E-state index contributed by atoms with van der Waals surface area (Å²) in [6.45, 7) is 8.23. The highest BCUT2D eigenvalue weighted by molar-refractivity contribution is 5.65. The van der Waals surface area contributed by atoms with E-state index in [1.807, 2.05) is 6.20 Å². The molecule has 0 radical (unpaired) electrons. The van der Waals surface area contributed by atoms with E-state index in [-0.39, 0.29) is 0 Å². The maximum atomic E-state index is 4.20. The van der Waals surface area contributed by atoms with Crippen LogP contribution in [0.4, 0.5) is 0 Å². The maximum absolute atomic E-state index is 4.20. The molecule has 1 aromatic heterocycles. The maximum Gasteiger partial charge on any atom is 0.115 e. The van der Waals surface area contributed by atoms with E-state index in [9.17, 15) is 0 Å². The second-order valence-electron chi connectivity index (χ2n) is 3.55. The Bertz CT molecular complexity index is 305. The predicted molar refractivity (Wildman–Crippen MR) is 60.0 cm³/mol. The lowest BCUT2D eigenvalue weighted by molar-refractivity contribution is 0.786. The second kappa shape index (κ2) is 5.53. The molecule has 0 spiro atoms. The monoisotopic (exact) mass is 190 g/mol. The summed E-state index contributed by atoms with van der Waals surface area (Å²) in [5.74, 6) is 0. The average Bonchev–Trinajstić information content (AvgIpc) is 2.20. The standard InChI is InChI=1S/C9H10N2.C3H8/c1-7-3-2-4-9-8(7)5-10-6-11-9;1-3-2/h5-6H,1-4H2;3H2,1-2H3. The van der Waals surface area contributed by atoms with Crippen LogP contribution in [-0.2, 0) is 6.42 Å². The van der Waals surface area contributed by atoms with Crippen molar-refractivity contribution in [1.82, 2.24) is 9.97 Å². The van der Waals surface area contributed by atoms with Crippen molar-refractivity contribution in [3.63, 3.8) is 0 Å². The topological polar surface area (TPSA) is 25.8 Å². The molecule has 76 valence electrons. The highest BCUT2D eigenvalue weighted by Gasteiger charge is 2.12. The lowest BCUT2D eigenvalue weighted by Gasteiger charge is -2.15. The van der Waals surface area contributed by atoms with Crippen molar-refractivity contribution in [2.45, 2.75) is 39.5 Å². The molecule has 2 nitrogen and oxygen atoms in total. The average molecular weight is 190 g/mol. The Morgan fingerprint density at radius 3 is 2.71 bits per heavy atom. The third kappa shape index (κ3) is 2.66. The fraction of sp³-hybridized carbons (Fsp3) is 0.500. The van der Waals surface area contributed by atoms with E-state index >= 15 is 0 Å². The quantitative estimate of drug-likeness (QED) is 0.627. The third-order valence-electron chi connectivity index (χ3n) is 2.07. The van der Waals surface area contributed by atoms with Crippen LogP contribution >= 0.6 is 0 Å². The van der Waals surface area contributed by atoms with E-state index in [0.717, 1.165) is 18.5 Å². The number of hydrogen-bond donors (Lipinski definition) is 0. The smallest absolute Gasteiger partial charge is 0.115 e. The Morgan fingerprint density at radius 2 is 2.07 bits per heavy atom. The Morgan fingerprint density at radius 1 is 1.36 bits per heavy atom. The summed E-state index contributed by atoms with van der Waals surface area (Å²) >= 11 is 0. The molecule has 1 aromatic rings. The van der Waals surface area contributed by atoms with Crippen LogP contribution in [0, 0.1) is 0 Å². The van der Waals surface area contributed by atoms with Crippen LogP contribution in [0.15, 0.2) is 19.1 Å². The van der Waals surface area contributed by atoms with E-state index in [2.05, 4.69) is 30.4 Å². The van der Waals surface area contributed by atoms with Gasteiger partial charge in [0.25, 0.3) is 0 Å². The molecule has 0 unspecified atom stereocenters. The van der Waals surface area contributed by atoms with Crippen molar-refractivity contribution in [2.24, 2.45) is 0 Å². The van der Waals surface area contributed by atoms with Gasteiger partial charge < -0.3 is 0 Å². The molecule has 2 rings (SSSR count). The van der Waals surface area contributed by atoms with Crippen molar-refractivity contribution in [1.29, 1.82) is 0 Å². The van der Waals surface area contributed by atoms with Crippen LogP contribution in [0.2, 0.25) is 0 Å². The molecule has 0 N–H and O–H groups in total. The van der Waals surface area contributed by atoms with E-state index in [1.54, 1.807) is 6.33 Å². The number of fused-ring (bicyclic) bond motifs is 1. The Labute approximate surface area is 86.1 Å². The molecule has 1 aliphatic rings. The van der Waals surface area contributed by atoms with Gasteiger partial charge in [-0.15, -0.1) is 0 Å². The van der Waals surface area contributed by atoms with Crippen LogP contribution in [0.3, 0.4) is 0 Å². The minimum atomic E-state index is 1.08. The molecule has 0 saturated carbocycles. The number of hydrogen-bond acceptors (Lipinski definition) is 2. The number of aromatic nitrogens is 2. The Kier molecular flexibility index (Phi) is 4.30. The van der Waals surface area contributed by atoms with Gasteiger partial charge >= 0.3 is 0 Å². The molecule has 0 saturated heterocycles. The Balaban J connectivity index is 0.000000293. The highest BCUT2D eigenvalue weighted by atomic mass is 14.8. The van der Waals surface area contributed by atoms with E-state index < -0.39 is 0 Å². The van der Waals surface area contributed by atoms with E-state index in [1.165, 1.54) is 24.0 Å².